The van der Waals surface area contributed by atoms with Crippen LogP contribution in [0.1, 0.15) is 16.1 Å². The van der Waals surface area contributed by atoms with Gasteiger partial charge in [0.1, 0.15) is 0 Å². The molecule has 2 heterocycles. The van der Waals surface area contributed by atoms with Gasteiger partial charge in [0.15, 0.2) is 17.2 Å². The number of nitrogens with zero attached hydrogens (tertiary/aromatic N) is 2. The highest BCUT2D eigenvalue weighted by molar-refractivity contribution is 6.32. The summed E-state index contributed by atoms with van der Waals surface area (Å²) >= 11 is 6.20. The third kappa shape index (κ3) is 2.92. The number of ether oxygens (including phenoxy) is 2. The average molecular weight is 356 g/mol. The predicted molar refractivity (Wildman–Crippen MR) is 93.8 cm³/mol. The van der Waals surface area contributed by atoms with Crippen molar-refractivity contribution < 1.29 is 14.3 Å². The van der Waals surface area contributed by atoms with Crippen molar-refractivity contribution in [2.45, 2.75) is 6.92 Å². The van der Waals surface area contributed by atoms with Gasteiger partial charge in [-0.05, 0) is 31.2 Å². The van der Waals surface area contributed by atoms with E-state index in [9.17, 15) is 4.79 Å². The first-order valence-corrected chi connectivity index (χ1v) is 8.02. The van der Waals surface area contributed by atoms with Crippen LogP contribution in [0.2, 0.25) is 5.02 Å². The summed E-state index contributed by atoms with van der Waals surface area (Å²) in [5.41, 5.74) is 2.41. The molecule has 1 aliphatic rings. The van der Waals surface area contributed by atoms with Crippen molar-refractivity contribution in [1.29, 1.82) is 0 Å². The summed E-state index contributed by atoms with van der Waals surface area (Å²) in [5, 5.41) is 7.76. The normalized spacial score (nSPS) is 12.2. The Hall–Kier alpha value is -2.99. The van der Waals surface area contributed by atoms with Gasteiger partial charge in [-0.1, -0.05) is 23.7 Å². The molecule has 0 unspecified atom stereocenters. The molecule has 0 aliphatic carbocycles. The number of amides is 1. The summed E-state index contributed by atoms with van der Waals surface area (Å²) in [6.07, 6.45) is 1.77. The van der Waals surface area contributed by atoms with Gasteiger partial charge in [-0.25, -0.2) is 4.68 Å². The van der Waals surface area contributed by atoms with Gasteiger partial charge in [0, 0.05) is 23.5 Å². The molecule has 1 N–H and O–H groups in total. The first-order chi connectivity index (χ1) is 12.1. The van der Waals surface area contributed by atoms with Gasteiger partial charge in [0.2, 0.25) is 6.79 Å². The molecular weight excluding hydrogens is 342 g/mol. The van der Waals surface area contributed by atoms with Crippen molar-refractivity contribution in [3.63, 3.8) is 0 Å². The number of aryl methyl sites for hydroxylation is 1. The number of para-hydroxylation sites is 1. The second kappa shape index (κ2) is 6.14. The quantitative estimate of drug-likeness (QED) is 0.775. The van der Waals surface area contributed by atoms with Crippen LogP contribution >= 0.6 is 11.6 Å². The van der Waals surface area contributed by atoms with E-state index in [0.717, 1.165) is 11.3 Å². The van der Waals surface area contributed by atoms with Crippen molar-refractivity contribution in [2.24, 2.45) is 0 Å². The van der Waals surface area contributed by atoms with Gasteiger partial charge in [-0.2, -0.15) is 5.10 Å². The fourth-order valence-corrected chi connectivity index (χ4v) is 2.83. The van der Waals surface area contributed by atoms with Crippen LogP contribution in [0.15, 0.2) is 48.7 Å². The summed E-state index contributed by atoms with van der Waals surface area (Å²) in [4.78, 5) is 12.6. The number of rotatable bonds is 3. The molecule has 3 aromatic rings. The number of fused-ring (bicyclic) bond motifs is 1. The highest BCUT2D eigenvalue weighted by atomic mass is 35.5. The third-order valence-corrected chi connectivity index (χ3v) is 4.16. The highest BCUT2D eigenvalue weighted by Crippen LogP contribution is 2.34. The summed E-state index contributed by atoms with van der Waals surface area (Å²) in [6.45, 7) is 2.02. The number of nitrogens with one attached hydrogen (secondary N) is 1. The summed E-state index contributed by atoms with van der Waals surface area (Å²) in [7, 11) is 0. The van der Waals surface area contributed by atoms with Gasteiger partial charge in [0.25, 0.3) is 5.91 Å². The number of carbonyl (C=O) groups is 1. The topological polar surface area (TPSA) is 65.4 Å². The zero-order chi connectivity index (χ0) is 17.4. The largest absolute Gasteiger partial charge is 0.454 e. The standard InChI is InChI=1S/C18H14ClN3O3/c1-11-9-22(14-5-3-2-4-13(14)19)21-17(11)18(23)20-12-6-7-15-16(8-12)25-10-24-15/h2-9H,10H2,1H3,(H,20,23). The van der Waals surface area contributed by atoms with E-state index in [1.54, 1.807) is 35.1 Å². The van der Waals surface area contributed by atoms with E-state index < -0.39 is 0 Å². The second-order valence-electron chi connectivity index (χ2n) is 5.58. The van der Waals surface area contributed by atoms with Crippen LogP contribution in [0.4, 0.5) is 5.69 Å². The molecule has 1 aromatic heterocycles. The number of halogens is 1. The van der Waals surface area contributed by atoms with Gasteiger partial charge >= 0.3 is 0 Å². The fourth-order valence-electron chi connectivity index (χ4n) is 2.61. The zero-order valence-electron chi connectivity index (χ0n) is 13.3. The van der Waals surface area contributed by atoms with Crippen molar-refractivity contribution in [2.75, 3.05) is 12.1 Å². The van der Waals surface area contributed by atoms with Crippen molar-refractivity contribution >= 4 is 23.2 Å². The van der Waals surface area contributed by atoms with Crippen LogP contribution in [0.25, 0.3) is 5.69 Å². The number of aromatic nitrogens is 2. The fraction of sp³-hybridized carbons (Fsp3) is 0.111. The third-order valence-electron chi connectivity index (χ3n) is 3.84. The molecule has 7 heteroatoms. The molecule has 0 saturated carbocycles. The molecule has 0 bridgehead atoms. The Bertz CT molecular complexity index is 968. The van der Waals surface area contributed by atoms with Crippen LogP contribution in [-0.2, 0) is 0 Å². The Labute approximate surface area is 148 Å². The van der Waals surface area contributed by atoms with Gasteiger partial charge in [0.05, 0.1) is 10.7 Å². The first-order valence-electron chi connectivity index (χ1n) is 7.64. The SMILES string of the molecule is Cc1cn(-c2ccccc2Cl)nc1C(=O)Nc1ccc2c(c1)OCO2. The minimum absolute atomic E-state index is 0.189. The van der Waals surface area contributed by atoms with E-state index in [1.165, 1.54) is 0 Å². The number of carbonyl (C=O) groups excluding carboxylic acids is 1. The monoisotopic (exact) mass is 355 g/mol. The maximum atomic E-state index is 12.6. The van der Waals surface area contributed by atoms with Gasteiger partial charge in [-0.3, -0.25) is 4.79 Å². The Morgan fingerprint density at radius 2 is 2.00 bits per heavy atom. The molecule has 1 aliphatic heterocycles. The Kier molecular flexibility index (Phi) is 3.82. The average Bonchev–Trinajstić information content (AvgIpc) is 3.21. The van der Waals surface area contributed by atoms with Crippen LogP contribution in [-0.4, -0.2) is 22.5 Å². The van der Waals surface area contributed by atoms with Crippen molar-refractivity contribution in [1.82, 2.24) is 9.78 Å². The maximum absolute atomic E-state index is 12.6. The lowest BCUT2D eigenvalue weighted by molar-refractivity contribution is 0.102. The zero-order valence-corrected chi connectivity index (χ0v) is 14.1. The van der Waals surface area contributed by atoms with Crippen LogP contribution in [0.5, 0.6) is 11.5 Å². The highest BCUT2D eigenvalue weighted by Gasteiger charge is 2.18. The summed E-state index contributed by atoms with van der Waals surface area (Å²) in [5.74, 6) is 0.968. The number of benzene rings is 2. The van der Waals surface area contributed by atoms with E-state index >= 15 is 0 Å². The van der Waals surface area contributed by atoms with Crippen molar-refractivity contribution in [3.05, 3.63) is 64.9 Å². The van der Waals surface area contributed by atoms with Gasteiger partial charge in [-0.15, -0.1) is 0 Å². The minimum atomic E-state index is -0.304. The number of hydrogen-bond donors (Lipinski definition) is 1. The molecule has 25 heavy (non-hydrogen) atoms. The van der Waals surface area contributed by atoms with E-state index in [2.05, 4.69) is 10.4 Å². The molecule has 0 spiro atoms. The molecule has 6 nitrogen and oxygen atoms in total. The van der Waals surface area contributed by atoms with Gasteiger partial charge < -0.3 is 14.8 Å². The smallest absolute Gasteiger partial charge is 0.276 e. The molecule has 2 aromatic carbocycles. The molecule has 0 fully saturated rings. The molecule has 0 radical (unpaired) electrons. The number of anilines is 1. The molecular formula is C18H14ClN3O3. The van der Waals surface area contributed by atoms with E-state index in [4.69, 9.17) is 21.1 Å². The maximum Gasteiger partial charge on any atom is 0.276 e. The van der Waals surface area contributed by atoms with Crippen LogP contribution < -0.4 is 14.8 Å². The number of hydrogen-bond acceptors (Lipinski definition) is 4. The Balaban J connectivity index is 1.60. The lowest BCUT2D eigenvalue weighted by Crippen LogP contribution is -2.14. The predicted octanol–water partition coefficient (Wildman–Crippen LogP) is 3.82. The van der Waals surface area contributed by atoms with Crippen LogP contribution in [0, 0.1) is 6.92 Å². The minimum Gasteiger partial charge on any atom is -0.454 e. The molecule has 4 rings (SSSR count). The molecule has 0 atom stereocenters. The molecule has 1 amide bonds. The van der Waals surface area contributed by atoms with E-state index in [0.29, 0.717) is 27.9 Å². The second-order valence-corrected chi connectivity index (χ2v) is 5.99. The lowest BCUT2D eigenvalue weighted by Gasteiger charge is -2.05. The Morgan fingerprint density at radius 1 is 1.20 bits per heavy atom. The van der Waals surface area contributed by atoms with Crippen LogP contribution in [0.3, 0.4) is 0 Å². The van der Waals surface area contributed by atoms with E-state index in [1.807, 2.05) is 25.1 Å². The van der Waals surface area contributed by atoms with Crippen molar-refractivity contribution in [3.8, 4) is 17.2 Å². The first kappa shape index (κ1) is 15.5. The summed E-state index contributed by atoms with van der Waals surface area (Å²) < 4.78 is 12.2. The molecule has 126 valence electrons. The lowest BCUT2D eigenvalue weighted by atomic mass is 10.2. The van der Waals surface area contributed by atoms with E-state index in [-0.39, 0.29) is 12.7 Å². The molecule has 0 saturated heterocycles. The Morgan fingerprint density at radius 3 is 2.84 bits per heavy atom. The summed E-state index contributed by atoms with van der Waals surface area (Å²) in [6, 6.07) is 12.6.